The lowest BCUT2D eigenvalue weighted by Crippen LogP contribution is -2.30. The van der Waals surface area contributed by atoms with Gasteiger partial charge < -0.3 is 5.32 Å². The molecule has 0 rings (SSSR count). The monoisotopic (exact) mass is 161 g/mol. The lowest BCUT2D eigenvalue weighted by Gasteiger charge is -2.04. The molecular weight excluding hydrogens is 152 g/mol. The van der Waals surface area contributed by atoms with Gasteiger partial charge in [-0.05, 0) is 0 Å². The van der Waals surface area contributed by atoms with Crippen molar-refractivity contribution in [3.05, 3.63) is 0 Å². The van der Waals surface area contributed by atoms with Crippen molar-refractivity contribution >= 4 is 24.1 Å². The lowest BCUT2D eigenvalue weighted by molar-refractivity contribution is -0.118. The second kappa shape index (κ2) is 5.25. The van der Waals surface area contributed by atoms with E-state index in [4.69, 9.17) is 5.14 Å². The summed E-state index contributed by atoms with van der Waals surface area (Å²) >= 11 is 0.874. The molecule has 1 unspecified atom stereocenters. The highest BCUT2D eigenvalue weighted by atomic mass is 32.2. The second-order valence-electron chi connectivity index (χ2n) is 1.68. The summed E-state index contributed by atoms with van der Waals surface area (Å²) in [6, 6.07) is 0. The van der Waals surface area contributed by atoms with Crippen LogP contribution in [-0.4, -0.2) is 24.0 Å². The van der Waals surface area contributed by atoms with Gasteiger partial charge in [0.25, 0.3) is 0 Å². The Morgan fingerprint density at radius 3 is 2.80 bits per heavy atom. The van der Waals surface area contributed by atoms with Gasteiger partial charge in [-0.2, -0.15) is 0 Å². The third-order valence-corrected chi connectivity index (χ3v) is 1.42. The fraction of sp³-hybridized carbons (Fsp3) is 0.600. The Kier molecular flexibility index (Phi) is 4.96. The molecule has 0 aliphatic heterocycles. The van der Waals surface area contributed by atoms with Crippen LogP contribution < -0.4 is 10.5 Å². The van der Waals surface area contributed by atoms with E-state index in [0.717, 1.165) is 11.9 Å². The molecule has 0 aliphatic carbocycles. The highest BCUT2D eigenvalue weighted by Crippen LogP contribution is 1.95. The molecule has 0 spiro atoms. The number of carbonyl (C=O) groups is 1. The van der Waals surface area contributed by atoms with Crippen molar-refractivity contribution in [3.63, 3.8) is 0 Å². The molecule has 3 N–H and O–H groups in total. The Bertz CT molecular complexity index is 129. The first-order valence-corrected chi connectivity index (χ1v) is 3.62. The molecule has 0 aromatic heterocycles. The van der Waals surface area contributed by atoms with E-state index in [1.54, 1.807) is 6.29 Å². The first kappa shape index (κ1) is 9.45. The highest BCUT2D eigenvalue weighted by molar-refractivity contribution is 7.98. The molecule has 4 nitrogen and oxygen atoms in total. The summed E-state index contributed by atoms with van der Waals surface area (Å²) < 4.78 is 0. The zero-order valence-corrected chi connectivity index (χ0v) is 6.40. The number of hydrogen-bond acceptors (Lipinski definition) is 4. The van der Waals surface area contributed by atoms with E-state index < -0.39 is 5.25 Å². The average Bonchev–Trinajstić information content (AvgIpc) is 1.90. The Balaban J connectivity index is 3.44. The molecule has 0 bridgehead atoms. The number of amides is 1. The number of hydrogen-bond donors (Lipinski definition) is 2. The van der Waals surface area contributed by atoms with Crippen LogP contribution in [0.5, 0.6) is 0 Å². The Morgan fingerprint density at radius 1 is 1.90 bits per heavy atom. The lowest BCUT2D eigenvalue weighted by atomic mass is 10.4. The molecular formula is C5H9N2O2S. The van der Waals surface area contributed by atoms with Crippen LogP contribution in [0, 0.1) is 0 Å². The summed E-state index contributed by atoms with van der Waals surface area (Å²) in [7, 11) is 0. The summed E-state index contributed by atoms with van der Waals surface area (Å²) in [6.45, 7) is 1.63. The van der Waals surface area contributed by atoms with E-state index in [1.165, 1.54) is 6.92 Å². The standard InChI is InChI=1S/C5H9N2O2S/c1-4(9)7-2-5(3-8)10-6/h5H,2,6H2,1H3,(H,7,9). The van der Waals surface area contributed by atoms with E-state index in [1.807, 2.05) is 0 Å². The van der Waals surface area contributed by atoms with Crippen LogP contribution in [0.25, 0.3) is 0 Å². The molecule has 0 aromatic rings. The van der Waals surface area contributed by atoms with Crippen LogP contribution in [0.15, 0.2) is 0 Å². The predicted octanol–water partition coefficient (Wildman–Crippen LogP) is -0.792. The predicted molar refractivity (Wildman–Crippen MR) is 39.9 cm³/mol. The minimum absolute atomic E-state index is 0.172. The average molecular weight is 161 g/mol. The number of nitrogens with one attached hydrogen (secondary N) is 1. The summed E-state index contributed by atoms with van der Waals surface area (Å²) in [4.78, 5) is 20.3. The maximum Gasteiger partial charge on any atom is 0.216 e. The van der Waals surface area contributed by atoms with E-state index in [-0.39, 0.29) is 12.5 Å². The third kappa shape index (κ3) is 4.34. The minimum Gasteiger partial charge on any atom is -0.355 e. The van der Waals surface area contributed by atoms with Crippen LogP contribution in [0.4, 0.5) is 0 Å². The van der Waals surface area contributed by atoms with Crippen LogP contribution in [0.1, 0.15) is 6.92 Å². The summed E-state index contributed by atoms with van der Waals surface area (Å²) in [6.07, 6.45) is 1.68. The first-order valence-electron chi connectivity index (χ1n) is 2.68. The maximum absolute atomic E-state index is 10.3. The number of carbonyl (C=O) groups excluding carboxylic acids is 2. The number of nitrogens with two attached hydrogens (primary N) is 1. The zero-order valence-electron chi connectivity index (χ0n) is 5.59. The maximum atomic E-state index is 10.3. The fourth-order valence-electron chi connectivity index (χ4n) is 0.354. The van der Waals surface area contributed by atoms with Gasteiger partial charge in [0.2, 0.25) is 12.2 Å². The van der Waals surface area contributed by atoms with Gasteiger partial charge >= 0.3 is 0 Å². The molecule has 1 radical (unpaired) electrons. The Hall–Kier alpha value is -0.550. The fourth-order valence-corrected chi connectivity index (χ4v) is 0.589. The largest absolute Gasteiger partial charge is 0.355 e. The smallest absolute Gasteiger partial charge is 0.216 e. The van der Waals surface area contributed by atoms with Crippen molar-refractivity contribution < 1.29 is 9.59 Å². The molecule has 1 atom stereocenters. The highest BCUT2D eigenvalue weighted by Gasteiger charge is 2.05. The summed E-state index contributed by atoms with van der Waals surface area (Å²) in [5.74, 6) is -0.172. The second-order valence-corrected chi connectivity index (χ2v) is 2.52. The van der Waals surface area contributed by atoms with Crippen molar-refractivity contribution in [2.75, 3.05) is 6.54 Å². The normalized spacial score (nSPS) is 12.2. The first-order chi connectivity index (χ1) is 4.70. The molecule has 10 heavy (non-hydrogen) atoms. The van der Waals surface area contributed by atoms with Gasteiger partial charge in [0, 0.05) is 13.5 Å². The van der Waals surface area contributed by atoms with Crippen LogP contribution in [-0.2, 0) is 9.59 Å². The minimum atomic E-state index is -0.455. The molecule has 0 aliphatic rings. The number of rotatable bonds is 4. The van der Waals surface area contributed by atoms with E-state index >= 15 is 0 Å². The van der Waals surface area contributed by atoms with E-state index in [0.29, 0.717) is 0 Å². The van der Waals surface area contributed by atoms with Crippen LogP contribution >= 0.6 is 11.9 Å². The Morgan fingerprint density at radius 2 is 2.50 bits per heavy atom. The van der Waals surface area contributed by atoms with Crippen molar-refractivity contribution in [2.24, 2.45) is 5.14 Å². The summed E-state index contributed by atoms with van der Waals surface area (Å²) in [5.41, 5.74) is 0. The van der Waals surface area contributed by atoms with Gasteiger partial charge in [-0.3, -0.25) is 14.7 Å². The van der Waals surface area contributed by atoms with Crippen LogP contribution in [0.3, 0.4) is 0 Å². The molecule has 5 heteroatoms. The van der Waals surface area contributed by atoms with E-state index in [2.05, 4.69) is 5.32 Å². The van der Waals surface area contributed by atoms with Gasteiger partial charge in [-0.1, -0.05) is 11.9 Å². The van der Waals surface area contributed by atoms with Crippen LogP contribution in [0.2, 0.25) is 0 Å². The van der Waals surface area contributed by atoms with Crippen molar-refractivity contribution in [2.45, 2.75) is 12.2 Å². The molecule has 0 saturated heterocycles. The van der Waals surface area contributed by atoms with Crippen molar-refractivity contribution in [1.29, 1.82) is 0 Å². The van der Waals surface area contributed by atoms with Crippen molar-refractivity contribution in [3.8, 4) is 0 Å². The summed E-state index contributed by atoms with van der Waals surface area (Å²) in [5, 5.41) is 7.06. The van der Waals surface area contributed by atoms with Gasteiger partial charge in [0.05, 0.1) is 0 Å². The molecule has 0 aromatic carbocycles. The quantitative estimate of drug-likeness (QED) is 0.530. The molecule has 1 amide bonds. The third-order valence-electron chi connectivity index (χ3n) is 0.832. The molecule has 0 heterocycles. The SMILES string of the molecule is CC(=O)NCC([C]=O)SN. The van der Waals surface area contributed by atoms with Gasteiger partial charge in [-0.15, -0.1) is 0 Å². The van der Waals surface area contributed by atoms with Gasteiger partial charge in [0.15, 0.2) is 0 Å². The Labute approximate surface area is 63.7 Å². The molecule has 57 valence electrons. The molecule has 0 fully saturated rings. The van der Waals surface area contributed by atoms with Gasteiger partial charge in [-0.25, -0.2) is 0 Å². The van der Waals surface area contributed by atoms with Gasteiger partial charge in [0.1, 0.15) is 5.25 Å². The van der Waals surface area contributed by atoms with E-state index in [9.17, 15) is 9.59 Å². The zero-order chi connectivity index (χ0) is 7.98. The molecule has 0 saturated carbocycles. The van der Waals surface area contributed by atoms with Crippen molar-refractivity contribution in [1.82, 2.24) is 5.32 Å². The topological polar surface area (TPSA) is 72.2 Å².